The highest BCUT2D eigenvalue weighted by Crippen LogP contribution is 2.12. The first-order valence-corrected chi connectivity index (χ1v) is 5.85. The van der Waals surface area contributed by atoms with Crippen LogP contribution in [0.5, 0.6) is 0 Å². The third-order valence-corrected chi connectivity index (χ3v) is 2.66. The highest BCUT2D eigenvalue weighted by atomic mass is 19.3. The first-order chi connectivity index (χ1) is 8.49. The van der Waals surface area contributed by atoms with Gasteiger partial charge in [-0.3, -0.25) is 0 Å². The van der Waals surface area contributed by atoms with Crippen LogP contribution in [0.25, 0.3) is 0 Å². The zero-order valence-electron chi connectivity index (χ0n) is 10.3. The van der Waals surface area contributed by atoms with E-state index < -0.39 is 13.0 Å². The summed E-state index contributed by atoms with van der Waals surface area (Å²) in [5.74, 6) is -0.273. The van der Waals surface area contributed by atoms with Crippen LogP contribution >= 0.6 is 0 Å². The Kier molecular flexibility index (Phi) is 6.15. The molecule has 0 heterocycles. The normalized spacial score (nSPS) is 13.0. The number of hydrogen-bond donors (Lipinski definition) is 1. The molecule has 1 unspecified atom stereocenters. The fraction of sp³-hybridized carbons (Fsp3) is 0.538. The van der Waals surface area contributed by atoms with Gasteiger partial charge in [0.25, 0.3) is 6.43 Å². The van der Waals surface area contributed by atoms with Crippen molar-refractivity contribution in [3.05, 3.63) is 35.1 Å². The zero-order valence-corrected chi connectivity index (χ0v) is 10.3. The molecule has 1 aromatic carbocycles. The van der Waals surface area contributed by atoms with E-state index in [1.807, 2.05) is 6.92 Å². The summed E-state index contributed by atoms with van der Waals surface area (Å²) < 4.78 is 41.3. The van der Waals surface area contributed by atoms with Crippen LogP contribution in [0.2, 0.25) is 0 Å². The molecular formula is C13H18F3NO. The van der Waals surface area contributed by atoms with Crippen molar-refractivity contribution in [2.45, 2.75) is 32.2 Å². The van der Waals surface area contributed by atoms with E-state index >= 15 is 0 Å². The maximum absolute atomic E-state index is 12.9. The van der Waals surface area contributed by atoms with Gasteiger partial charge in [-0.2, -0.15) is 0 Å². The Morgan fingerprint density at radius 3 is 2.67 bits per heavy atom. The van der Waals surface area contributed by atoms with Gasteiger partial charge in [-0.1, -0.05) is 6.07 Å². The monoisotopic (exact) mass is 261 g/mol. The molecule has 1 aromatic rings. The highest BCUT2D eigenvalue weighted by Gasteiger charge is 2.08. The van der Waals surface area contributed by atoms with Gasteiger partial charge < -0.3 is 10.5 Å². The van der Waals surface area contributed by atoms with Crippen LogP contribution in [-0.2, 0) is 11.2 Å². The molecule has 0 fully saturated rings. The lowest BCUT2D eigenvalue weighted by molar-refractivity contribution is 0.0153. The van der Waals surface area contributed by atoms with E-state index in [1.165, 1.54) is 12.1 Å². The minimum Gasteiger partial charge on any atom is -0.375 e. The number of alkyl halides is 2. The molecule has 1 rings (SSSR count). The first-order valence-electron chi connectivity index (χ1n) is 5.85. The Labute approximate surface area is 105 Å². The maximum atomic E-state index is 12.9. The van der Waals surface area contributed by atoms with Crippen molar-refractivity contribution < 1.29 is 17.9 Å². The van der Waals surface area contributed by atoms with Gasteiger partial charge in [0.2, 0.25) is 0 Å². The molecule has 0 saturated carbocycles. The van der Waals surface area contributed by atoms with Crippen molar-refractivity contribution >= 4 is 0 Å². The Hall–Kier alpha value is -1.07. The lowest BCUT2D eigenvalue weighted by Crippen LogP contribution is -2.25. The van der Waals surface area contributed by atoms with E-state index in [0.29, 0.717) is 12.8 Å². The molecule has 1 atom stereocenters. The molecule has 18 heavy (non-hydrogen) atoms. The standard InChI is InChI=1S/C13H18F3NO/c1-9-6-11(14)3-2-10(9)7-12(17)4-5-18-8-13(15)16/h2-3,6,12-13H,4-5,7-8,17H2,1H3. The lowest BCUT2D eigenvalue weighted by atomic mass is 10.00. The molecule has 0 aromatic heterocycles. The molecule has 2 nitrogen and oxygen atoms in total. The van der Waals surface area contributed by atoms with Gasteiger partial charge in [-0.25, -0.2) is 13.2 Å². The smallest absolute Gasteiger partial charge is 0.261 e. The van der Waals surface area contributed by atoms with Crippen molar-refractivity contribution in [3.63, 3.8) is 0 Å². The van der Waals surface area contributed by atoms with E-state index in [-0.39, 0.29) is 18.5 Å². The number of rotatable bonds is 7. The Bertz CT molecular complexity index is 371. The SMILES string of the molecule is Cc1cc(F)ccc1CC(N)CCOCC(F)F. The van der Waals surface area contributed by atoms with E-state index in [9.17, 15) is 13.2 Å². The van der Waals surface area contributed by atoms with E-state index in [0.717, 1.165) is 11.1 Å². The molecule has 0 amide bonds. The number of halogens is 3. The second-order valence-electron chi connectivity index (χ2n) is 4.29. The second-order valence-corrected chi connectivity index (χ2v) is 4.29. The second kappa shape index (κ2) is 7.38. The summed E-state index contributed by atoms with van der Waals surface area (Å²) >= 11 is 0. The van der Waals surface area contributed by atoms with E-state index in [2.05, 4.69) is 0 Å². The minimum absolute atomic E-state index is 0.174. The van der Waals surface area contributed by atoms with Crippen molar-refractivity contribution in [2.75, 3.05) is 13.2 Å². The highest BCUT2D eigenvalue weighted by molar-refractivity contribution is 5.27. The van der Waals surface area contributed by atoms with Gasteiger partial charge >= 0.3 is 0 Å². The van der Waals surface area contributed by atoms with Crippen molar-refractivity contribution in [1.82, 2.24) is 0 Å². The molecule has 0 aliphatic carbocycles. The average molecular weight is 261 g/mol. The summed E-state index contributed by atoms with van der Waals surface area (Å²) in [4.78, 5) is 0. The average Bonchev–Trinajstić information content (AvgIpc) is 2.28. The predicted octanol–water partition coefficient (Wildman–Crippen LogP) is 2.68. The van der Waals surface area contributed by atoms with Crippen LogP contribution in [0, 0.1) is 12.7 Å². The quantitative estimate of drug-likeness (QED) is 0.766. The predicted molar refractivity (Wildman–Crippen MR) is 64.3 cm³/mol. The summed E-state index contributed by atoms with van der Waals surface area (Å²) in [5, 5.41) is 0. The number of aryl methyl sites for hydroxylation is 1. The number of nitrogens with two attached hydrogens (primary N) is 1. The molecule has 0 spiro atoms. The topological polar surface area (TPSA) is 35.2 Å². The third kappa shape index (κ3) is 5.51. The van der Waals surface area contributed by atoms with Crippen LogP contribution in [0.4, 0.5) is 13.2 Å². The Balaban J connectivity index is 2.33. The van der Waals surface area contributed by atoms with Gasteiger partial charge in [-0.05, 0) is 43.0 Å². The van der Waals surface area contributed by atoms with Crippen LogP contribution < -0.4 is 5.73 Å². The van der Waals surface area contributed by atoms with Crippen LogP contribution in [0.1, 0.15) is 17.5 Å². The third-order valence-electron chi connectivity index (χ3n) is 2.66. The fourth-order valence-corrected chi connectivity index (χ4v) is 1.68. The maximum Gasteiger partial charge on any atom is 0.261 e. The number of ether oxygens (including phenoxy) is 1. The lowest BCUT2D eigenvalue weighted by Gasteiger charge is -2.13. The molecule has 5 heteroatoms. The molecule has 102 valence electrons. The molecule has 2 N–H and O–H groups in total. The number of hydrogen-bond acceptors (Lipinski definition) is 2. The van der Waals surface area contributed by atoms with Crippen LogP contribution in [0.15, 0.2) is 18.2 Å². The van der Waals surface area contributed by atoms with Crippen molar-refractivity contribution in [2.24, 2.45) is 5.73 Å². The fourth-order valence-electron chi connectivity index (χ4n) is 1.68. The molecule has 0 saturated heterocycles. The van der Waals surface area contributed by atoms with Gasteiger partial charge in [0.15, 0.2) is 0 Å². The molecule has 0 aliphatic heterocycles. The zero-order chi connectivity index (χ0) is 13.5. The Morgan fingerprint density at radius 1 is 1.33 bits per heavy atom. The van der Waals surface area contributed by atoms with Gasteiger partial charge in [0.05, 0.1) is 0 Å². The first kappa shape index (κ1) is 15.0. The van der Waals surface area contributed by atoms with Gasteiger partial charge in [-0.15, -0.1) is 0 Å². The summed E-state index contributed by atoms with van der Waals surface area (Å²) in [5.41, 5.74) is 7.68. The summed E-state index contributed by atoms with van der Waals surface area (Å²) in [6, 6.07) is 4.37. The van der Waals surface area contributed by atoms with Gasteiger partial charge in [0, 0.05) is 12.6 Å². The molecule has 0 aliphatic rings. The largest absolute Gasteiger partial charge is 0.375 e. The molecule has 0 bridgehead atoms. The Morgan fingerprint density at radius 2 is 2.06 bits per heavy atom. The van der Waals surface area contributed by atoms with E-state index in [4.69, 9.17) is 10.5 Å². The molecular weight excluding hydrogens is 243 g/mol. The van der Waals surface area contributed by atoms with Crippen molar-refractivity contribution in [1.29, 1.82) is 0 Å². The van der Waals surface area contributed by atoms with Crippen LogP contribution in [-0.4, -0.2) is 25.7 Å². The summed E-state index contributed by atoms with van der Waals surface area (Å²) in [6.45, 7) is 1.48. The molecule has 0 radical (unpaired) electrons. The van der Waals surface area contributed by atoms with E-state index in [1.54, 1.807) is 6.07 Å². The van der Waals surface area contributed by atoms with Crippen molar-refractivity contribution in [3.8, 4) is 0 Å². The van der Waals surface area contributed by atoms with Crippen LogP contribution in [0.3, 0.4) is 0 Å². The summed E-state index contributed by atoms with van der Waals surface area (Å²) in [7, 11) is 0. The minimum atomic E-state index is -2.44. The van der Waals surface area contributed by atoms with Gasteiger partial charge in [0.1, 0.15) is 12.4 Å². The number of benzene rings is 1. The summed E-state index contributed by atoms with van der Waals surface area (Å²) in [6.07, 6.45) is -1.35.